The van der Waals surface area contributed by atoms with Crippen LogP contribution in [0.3, 0.4) is 0 Å². The summed E-state index contributed by atoms with van der Waals surface area (Å²) in [6.45, 7) is 4.18. The normalized spacial score (nSPS) is 16.0. The van der Waals surface area contributed by atoms with Crippen molar-refractivity contribution in [2.45, 2.75) is 45.1 Å². The number of piperidine rings is 2. The van der Waals surface area contributed by atoms with Crippen molar-refractivity contribution >= 4 is 29.7 Å². The summed E-state index contributed by atoms with van der Waals surface area (Å²) in [6.07, 6.45) is 8.82. The van der Waals surface area contributed by atoms with Crippen LogP contribution in [0.25, 0.3) is 0 Å². The number of nitro groups is 1. The Hall–Kier alpha value is -4.28. The lowest BCUT2D eigenvalue weighted by Crippen LogP contribution is -2.34. The second kappa shape index (κ2) is 12.3. The molecule has 0 spiro atoms. The van der Waals surface area contributed by atoms with Gasteiger partial charge in [-0.2, -0.15) is 20.1 Å². The Balaban J connectivity index is 1.21. The van der Waals surface area contributed by atoms with Crippen molar-refractivity contribution in [3.8, 4) is 5.75 Å². The third kappa shape index (κ3) is 6.72. The molecule has 1 N–H and O–H groups in total. The summed E-state index contributed by atoms with van der Waals surface area (Å²) in [5.74, 6) is 2.57. The van der Waals surface area contributed by atoms with Crippen LogP contribution >= 0.6 is 0 Å². The summed E-state index contributed by atoms with van der Waals surface area (Å²) in [4.78, 5) is 29.0. The van der Waals surface area contributed by atoms with Crippen molar-refractivity contribution in [2.75, 3.05) is 41.4 Å². The third-order valence-electron chi connectivity index (χ3n) is 6.70. The van der Waals surface area contributed by atoms with Gasteiger partial charge in [0.1, 0.15) is 12.4 Å². The molecule has 0 radical (unpaired) electrons. The highest BCUT2D eigenvalue weighted by atomic mass is 16.6. The summed E-state index contributed by atoms with van der Waals surface area (Å²) >= 11 is 0. The second-order valence-corrected chi connectivity index (χ2v) is 9.51. The van der Waals surface area contributed by atoms with Crippen LogP contribution in [0.5, 0.6) is 5.75 Å². The van der Waals surface area contributed by atoms with Gasteiger partial charge in [0.2, 0.25) is 17.8 Å². The number of nitrogens with one attached hydrogen (secondary N) is 1. The molecule has 198 valence electrons. The SMILES string of the molecule is O=[N+]([O-])c1ccc(COc2ccc(C=NNc3nc(N4CCCCC4)nc(N4CCCCC4)n3)cc2)cc1. The zero-order chi connectivity index (χ0) is 26.2. The van der Waals surface area contributed by atoms with E-state index in [1.54, 1.807) is 18.3 Å². The molecule has 3 aromatic rings. The van der Waals surface area contributed by atoms with E-state index in [1.807, 2.05) is 24.3 Å². The Kier molecular flexibility index (Phi) is 8.22. The quantitative estimate of drug-likeness (QED) is 0.243. The molecule has 0 aliphatic carbocycles. The standard InChI is InChI=1S/C27H32N8O3/c36-35(37)23-11-7-22(8-12-23)20-38-24-13-9-21(10-14-24)19-28-32-25-29-26(33-15-3-1-4-16-33)31-27(30-25)34-17-5-2-6-18-34/h7-14,19H,1-6,15-18,20H2,(H,29,30,31,32). The van der Waals surface area contributed by atoms with Crippen molar-refractivity contribution in [3.63, 3.8) is 0 Å². The Morgan fingerprint density at radius 3 is 1.97 bits per heavy atom. The smallest absolute Gasteiger partial charge is 0.269 e. The lowest BCUT2D eigenvalue weighted by Gasteiger charge is -2.30. The van der Waals surface area contributed by atoms with Crippen LogP contribution in [0.15, 0.2) is 53.6 Å². The minimum Gasteiger partial charge on any atom is -0.489 e. The van der Waals surface area contributed by atoms with Gasteiger partial charge in [0.05, 0.1) is 11.1 Å². The Morgan fingerprint density at radius 1 is 0.842 bits per heavy atom. The molecule has 0 unspecified atom stereocenters. The van der Waals surface area contributed by atoms with E-state index in [0.717, 1.165) is 63.0 Å². The van der Waals surface area contributed by atoms with Gasteiger partial charge < -0.3 is 14.5 Å². The fourth-order valence-electron chi connectivity index (χ4n) is 4.57. The summed E-state index contributed by atoms with van der Waals surface area (Å²) in [5, 5.41) is 15.2. The number of aromatic nitrogens is 3. The van der Waals surface area contributed by atoms with Crippen LogP contribution < -0.4 is 20.0 Å². The van der Waals surface area contributed by atoms with Gasteiger partial charge in [0, 0.05) is 38.3 Å². The number of hydrogen-bond acceptors (Lipinski definition) is 10. The molecule has 38 heavy (non-hydrogen) atoms. The molecule has 11 nitrogen and oxygen atoms in total. The van der Waals surface area contributed by atoms with Gasteiger partial charge in [-0.3, -0.25) is 10.1 Å². The average Bonchev–Trinajstić information content (AvgIpc) is 2.98. The zero-order valence-corrected chi connectivity index (χ0v) is 21.3. The Morgan fingerprint density at radius 2 is 1.42 bits per heavy atom. The minimum atomic E-state index is -0.415. The zero-order valence-electron chi connectivity index (χ0n) is 21.3. The first-order chi connectivity index (χ1) is 18.6. The van der Waals surface area contributed by atoms with Crippen molar-refractivity contribution < 1.29 is 9.66 Å². The number of non-ortho nitro benzene ring substituents is 1. The molecular formula is C27H32N8O3. The lowest BCUT2D eigenvalue weighted by molar-refractivity contribution is -0.384. The number of nitro benzene ring substituents is 1. The van der Waals surface area contributed by atoms with Gasteiger partial charge in [0.15, 0.2) is 0 Å². The van der Waals surface area contributed by atoms with Crippen LogP contribution in [0.2, 0.25) is 0 Å². The number of ether oxygens (including phenoxy) is 1. The number of nitrogens with zero attached hydrogens (tertiary/aromatic N) is 7. The third-order valence-corrected chi connectivity index (χ3v) is 6.70. The number of anilines is 3. The van der Waals surface area contributed by atoms with E-state index < -0.39 is 4.92 Å². The maximum Gasteiger partial charge on any atom is 0.269 e. The maximum absolute atomic E-state index is 10.8. The maximum atomic E-state index is 10.8. The van der Waals surface area contributed by atoms with Crippen LogP contribution in [0, 0.1) is 10.1 Å². The summed E-state index contributed by atoms with van der Waals surface area (Å²) < 4.78 is 5.80. The highest BCUT2D eigenvalue weighted by Gasteiger charge is 2.20. The predicted molar refractivity (Wildman–Crippen MR) is 147 cm³/mol. The molecule has 2 aliphatic rings. The number of hydrogen-bond donors (Lipinski definition) is 1. The molecule has 3 heterocycles. The molecule has 11 heteroatoms. The van der Waals surface area contributed by atoms with E-state index in [9.17, 15) is 10.1 Å². The van der Waals surface area contributed by atoms with Gasteiger partial charge in [-0.15, -0.1) is 0 Å². The average molecular weight is 517 g/mol. The number of benzene rings is 2. The van der Waals surface area contributed by atoms with E-state index in [4.69, 9.17) is 9.72 Å². The fourth-order valence-corrected chi connectivity index (χ4v) is 4.57. The van der Waals surface area contributed by atoms with Crippen LogP contribution in [-0.4, -0.2) is 52.3 Å². The molecule has 0 bridgehead atoms. The van der Waals surface area contributed by atoms with E-state index in [2.05, 4.69) is 30.3 Å². The van der Waals surface area contributed by atoms with Gasteiger partial charge in [-0.25, -0.2) is 5.43 Å². The molecule has 5 rings (SSSR count). The summed E-state index contributed by atoms with van der Waals surface area (Å²) in [5.41, 5.74) is 4.81. The van der Waals surface area contributed by atoms with Crippen LogP contribution in [0.4, 0.5) is 23.5 Å². The molecular weight excluding hydrogens is 484 g/mol. The fraction of sp³-hybridized carbons (Fsp3) is 0.407. The minimum absolute atomic E-state index is 0.0635. The highest BCUT2D eigenvalue weighted by molar-refractivity contribution is 5.80. The number of rotatable bonds is 9. The number of hydrazone groups is 1. The van der Waals surface area contributed by atoms with Gasteiger partial charge in [0.25, 0.3) is 5.69 Å². The van der Waals surface area contributed by atoms with Gasteiger partial charge in [-0.1, -0.05) is 0 Å². The first-order valence-corrected chi connectivity index (χ1v) is 13.2. The first kappa shape index (κ1) is 25.4. The Bertz CT molecular complexity index is 1200. The van der Waals surface area contributed by atoms with E-state index in [-0.39, 0.29) is 5.69 Å². The van der Waals surface area contributed by atoms with Gasteiger partial charge in [-0.05, 0) is 86.1 Å². The molecule has 1 aromatic heterocycles. The molecule has 2 aliphatic heterocycles. The highest BCUT2D eigenvalue weighted by Crippen LogP contribution is 2.23. The second-order valence-electron chi connectivity index (χ2n) is 9.51. The summed E-state index contributed by atoms with van der Waals surface area (Å²) in [6, 6.07) is 13.9. The van der Waals surface area contributed by atoms with E-state index >= 15 is 0 Å². The largest absolute Gasteiger partial charge is 0.489 e. The molecule has 0 saturated carbocycles. The van der Waals surface area contributed by atoms with Crippen molar-refractivity contribution in [1.29, 1.82) is 0 Å². The summed E-state index contributed by atoms with van der Waals surface area (Å²) in [7, 11) is 0. The van der Waals surface area contributed by atoms with Crippen molar-refractivity contribution in [2.24, 2.45) is 5.10 Å². The molecule has 2 aromatic carbocycles. The molecule has 2 fully saturated rings. The van der Waals surface area contributed by atoms with Crippen molar-refractivity contribution in [3.05, 3.63) is 69.8 Å². The van der Waals surface area contributed by atoms with E-state index in [0.29, 0.717) is 30.2 Å². The predicted octanol–water partition coefficient (Wildman–Crippen LogP) is 4.79. The monoisotopic (exact) mass is 516 g/mol. The lowest BCUT2D eigenvalue weighted by atomic mass is 10.1. The molecule has 2 saturated heterocycles. The van der Waals surface area contributed by atoms with Crippen LogP contribution in [-0.2, 0) is 6.61 Å². The van der Waals surface area contributed by atoms with Crippen LogP contribution in [0.1, 0.15) is 49.7 Å². The van der Waals surface area contributed by atoms with Crippen molar-refractivity contribution in [1.82, 2.24) is 15.0 Å². The topological polar surface area (TPSA) is 122 Å². The Labute approximate surface area is 221 Å². The van der Waals surface area contributed by atoms with E-state index in [1.165, 1.54) is 25.0 Å². The molecule has 0 amide bonds. The first-order valence-electron chi connectivity index (χ1n) is 13.2. The molecule has 0 atom stereocenters. The van der Waals surface area contributed by atoms with Gasteiger partial charge >= 0.3 is 0 Å².